The summed E-state index contributed by atoms with van der Waals surface area (Å²) in [6.45, 7) is 5.02. The van der Waals surface area contributed by atoms with E-state index in [2.05, 4.69) is 30.9 Å². The van der Waals surface area contributed by atoms with Crippen molar-refractivity contribution in [1.29, 1.82) is 0 Å². The molecule has 12 heteroatoms. The fraction of sp³-hybridized carbons (Fsp3) is 0.333. The van der Waals surface area contributed by atoms with Gasteiger partial charge in [0.2, 0.25) is 5.91 Å². The highest BCUT2D eigenvalue weighted by Crippen LogP contribution is 2.33. The van der Waals surface area contributed by atoms with Gasteiger partial charge in [-0.15, -0.1) is 10.2 Å². The highest BCUT2D eigenvalue weighted by molar-refractivity contribution is 6.32. The first kappa shape index (κ1) is 25.1. The van der Waals surface area contributed by atoms with Crippen LogP contribution in [0.1, 0.15) is 32.3 Å². The number of amides is 1. The highest BCUT2D eigenvalue weighted by atomic mass is 35.5. The van der Waals surface area contributed by atoms with Gasteiger partial charge >= 0.3 is 5.97 Å². The number of anilines is 2. The van der Waals surface area contributed by atoms with E-state index in [0.717, 1.165) is 16.3 Å². The van der Waals surface area contributed by atoms with Crippen molar-refractivity contribution in [3.63, 3.8) is 0 Å². The van der Waals surface area contributed by atoms with Crippen LogP contribution in [0, 0.1) is 0 Å². The van der Waals surface area contributed by atoms with Gasteiger partial charge in [-0.25, -0.2) is 9.67 Å². The van der Waals surface area contributed by atoms with Crippen LogP contribution in [0.15, 0.2) is 30.6 Å². The summed E-state index contributed by atoms with van der Waals surface area (Å²) in [6.07, 6.45) is 3.29. The number of nitrogens with zero attached hydrogens (tertiary/aromatic N) is 5. The molecule has 0 radical (unpaired) electrons. The van der Waals surface area contributed by atoms with Gasteiger partial charge in [-0.2, -0.15) is 5.10 Å². The van der Waals surface area contributed by atoms with Crippen molar-refractivity contribution in [3.8, 4) is 5.75 Å². The second-order valence-electron chi connectivity index (χ2n) is 7.82. The summed E-state index contributed by atoms with van der Waals surface area (Å²) in [7, 11) is 1.56. The first-order chi connectivity index (χ1) is 17.4. The van der Waals surface area contributed by atoms with E-state index in [-0.39, 0.29) is 31.2 Å². The van der Waals surface area contributed by atoms with Gasteiger partial charge in [-0.1, -0.05) is 17.7 Å². The number of nitrogens with one attached hydrogen (secondary N) is 2. The number of carbonyl (C=O) groups excluding carboxylic acids is 2. The number of esters is 1. The van der Waals surface area contributed by atoms with Crippen molar-refractivity contribution >= 4 is 56.9 Å². The van der Waals surface area contributed by atoms with Crippen molar-refractivity contribution in [1.82, 2.24) is 25.0 Å². The number of hydrogen-bond donors (Lipinski definition) is 2. The molecule has 36 heavy (non-hydrogen) atoms. The first-order valence-corrected chi connectivity index (χ1v) is 11.9. The van der Waals surface area contributed by atoms with Crippen molar-refractivity contribution in [2.75, 3.05) is 24.4 Å². The number of aromatic nitrogens is 5. The number of ether oxygens (including phenoxy) is 2. The van der Waals surface area contributed by atoms with Gasteiger partial charge < -0.3 is 20.1 Å². The Kier molecular flexibility index (Phi) is 7.79. The van der Waals surface area contributed by atoms with Crippen LogP contribution >= 0.6 is 11.6 Å². The predicted octanol–water partition coefficient (Wildman–Crippen LogP) is 3.95. The molecule has 0 bridgehead atoms. The minimum Gasteiger partial charge on any atom is -0.495 e. The van der Waals surface area contributed by atoms with Crippen LogP contribution in [-0.4, -0.2) is 50.6 Å². The number of fused-ring (bicyclic) bond motifs is 3. The number of hydrogen-bond acceptors (Lipinski definition) is 9. The van der Waals surface area contributed by atoms with Crippen molar-refractivity contribution in [2.45, 2.75) is 39.8 Å². The van der Waals surface area contributed by atoms with Gasteiger partial charge in [0, 0.05) is 36.5 Å². The van der Waals surface area contributed by atoms with E-state index in [4.69, 9.17) is 21.1 Å². The zero-order chi connectivity index (χ0) is 25.7. The third-order valence-electron chi connectivity index (χ3n) is 5.50. The Morgan fingerprint density at radius 1 is 1.08 bits per heavy atom. The molecule has 3 heterocycles. The highest BCUT2D eigenvalue weighted by Gasteiger charge is 2.18. The molecule has 0 spiro atoms. The standard InChI is InChI=1S/C24H26ClN7O4/c1-4-32-24-16(13-28-32)21-15(12-27-24)22(29-19(33)8-9-20(34)36-5-2)30-31-23(21)26-11-14-6-7-18(35-3)17(25)10-14/h6-7,10,12-13H,4-5,8-9,11H2,1-3H3,(H,26,31)(H,29,30,33). The molecule has 0 fully saturated rings. The molecule has 0 unspecified atom stereocenters. The van der Waals surface area contributed by atoms with Gasteiger partial charge in [-0.3, -0.25) is 9.59 Å². The van der Waals surface area contributed by atoms with Gasteiger partial charge in [0.1, 0.15) is 5.75 Å². The Morgan fingerprint density at radius 3 is 2.61 bits per heavy atom. The third kappa shape index (κ3) is 5.30. The summed E-state index contributed by atoms with van der Waals surface area (Å²) >= 11 is 6.27. The molecule has 0 aliphatic carbocycles. The Bertz CT molecular complexity index is 1420. The molecule has 4 rings (SSSR count). The Balaban J connectivity index is 1.66. The fourth-order valence-corrected chi connectivity index (χ4v) is 4.04. The molecule has 2 N–H and O–H groups in total. The lowest BCUT2D eigenvalue weighted by Crippen LogP contribution is -2.16. The van der Waals surface area contributed by atoms with Crippen LogP contribution in [0.3, 0.4) is 0 Å². The maximum absolute atomic E-state index is 12.5. The number of pyridine rings is 1. The second-order valence-corrected chi connectivity index (χ2v) is 8.22. The van der Waals surface area contributed by atoms with Crippen LogP contribution in [-0.2, 0) is 27.4 Å². The molecule has 0 saturated heterocycles. The van der Waals surface area contributed by atoms with E-state index in [9.17, 15) is 9.59 Å². The van der Waals surface area contributed by atoms with Crippen molar-refractivity contribution in [2.24, 2.45) is 0 Å². The number of methoxy groups -OCH3 is 1. The van der Waals surface area contributed by atoms with Crippen molar-refractivity contribution < 1.29 is 19.1 Å². The third-order valence-corrected chi connectivity index (χ3v) is 5.80. The maximum Gasteiger partial charge on any atom is 0.306 e. The van der Waals surface area contributed by atoms with E-state index in [1.165, 1.54) is 0 Å². The number of carbonyl (C=O) groups is 2. The van der Waals surface area contributed by atoms with Gasteiger partial charge in [-0.05, 0) is 31.5 Å². The SMILES string of the molecule is CCOC(=O)CCC(=O)Nc1nnc(NCc2ccc(OC)c(Cl)c2)c2c1cnc1c2cnn1CC. The minimum atomic E-state index is -0.433. The molecule has 3 aromatic heterocycles. The molecular weight excluding hydrogens is 486 g/mol. The maximum atomic E-state index is 12.5. The summed E-state index contributed by atoms with van der Waals surface area (Å²) in [5, 5.41) is 21.6. The van der Waals surface area contributed by atoms with E-state index in [1.54, 1.807) is 37.2 Å². The Morgan fingerprint density at radius 2 is 1.89 bits per heavy atom. The van der Waals surface area contributed by atoms with Gasteiger partial charge in [0.25, 0.3) is 0 Å². The van der Waals surface area contributed by atoms with Crippen LogP contribution in [0.25, 0.3) is 21.8 Å². The summed E-state index contributed by atoms with van der Waals surface area (Å²) in [5.74, 6) is 0.530. The molecule has 4 aromatic rings. The normalized spacial score (nSPS) is 11.0. The summed E-state index contributed by atoms with van der Waals surface area (Å²) in [5.41, 5.74) is 1.61. The van der Waals surface area contributed by atoms with E-state index < -0.39 is 5.97 Å². The number of aryl methyl sites for hydroxylation is 1. The molecule has 1 amide bonds. The molecule has 1 aromatic carbocycles. The summed E-state index contributed by atoms with van der Waals surface area (Å²) in [6, 6.07) is 5.51. The molecule has 0 aliphatic heterocycles. The number of halogens is 1. The number of benzene rings is 1. The molecular formula is C24H26ClN7O4. The smallest absolute Gasteiger partial charge is 0.306 e. The predicted molar refractivity (Wildman–Crippen MR) is 136 cm³/mol. The molecule has 11 nitrogen and oxygen atoms in total. The van der Waals surface area contributed by atoms with Crippen LogP contribution < -0.4 is 15.4 Å². The summed E-state index contributed by atoms with van der Waals surface area (Å²) in [4.78, 5) is 28.6. The fourth-order valence-electron chi connectivity index (χ4n) is 3.76. The quantitative estimate of drug-likeness (QED) is 0.303. The Labute approximate surface area is 212 Å². The summed E-state index contributed by atoms with van der Waals surface area (Å²) < 4.78 is 11.9. The zero-order valence-electron chi connectivity index (χ0n) is 20.2. The number of rotatable bonds is 10. The molecule has 0 atom stereocenters. The Hall–Kier alpha value is -3.99. The van der Waals surface area contributed by atoms with Crippen LogP contribution in [0.2, 0.25) is 5.02 Å². The van der Waals surface area contributed by atoms with Gasteiger partial charge in [0.15, 0.2) is 17.3 Å². The largest absolute Gasteiger partial charge is 0.495 e. The first-order valence-electron chi connectivity index (χ1n) is 11.5. The molecule has 0 aliphatic rings. The van der Waals surface area contributed by atoms with E-state index >= 15 is 0 Å². The second kappa shape index (κ2) is 11.2. The minimum absolute atomic E-state index is 0.0269. The molecule has 0 saturated carbocycles. The topological polar surface area (TPSA) is 133 Å². The van der Waals surface area contributed by atoms with Crippen LogP contribution in [0.4, 0.5) is 11.6 Å². The lowest BCUT2D eigenvalue weighted by Gasteiger charge is -2.13. The molecule has 188 valence electrons. The van der Waals surface area contributed by atoms with E-state index in [0.29, 0.717) is 40.7 Å². The monoisotopic (exact) mass is 511 g/mol. The lowest BCUT2D eigenvalue weighted by atomic mass is 10.1. The van der Waals surface area contributed by atoms with Gasteiger partial charge in [0.05, 0.1) is 36.7 Å². The average molecular weight is 512 g/mol. The zero-order valence-corrected chi connectivity index (χ0v) is 20.9. The van der Waals surface area contributed by atoms with Crippen LogP contribution in [0.5, 0.6) is 5.75 Å². The van der Waals surface area contributed by atoms with E-state index in [1.807, 2.05) is 19.1 Å². The lowest BCUT2D eigenvalue weighted by molar-refractivity contribution is -0.144. The van der Waals surface area contributed by atoms with Crippen molar-refractivity contribution in [3.05, 3.63) is 41.2 Å². The average Bonchev–Trinajstić information content (AvgIpc) is 3.30.